The average molecular weight is 945 g/mol. The molecule has 0 heterocycles. The molecule has 0 fully saturated rings. The lowest BCUT2D eigenvalue weighted by molar-refractivity contribution is -0.870. The zero-order chi connectivity index (χ0) is 48.5. The maximum atomic E-state index is 12.9. The molecule has 1 amide bonds. The van der Waals surface area contributed by atoms with Gasteiger partial charge < -0.3 is 28.8 Å². The first-order chi connectivity index (χ1) is 32.0. The summed E-state index contributed by atoms with van der Waals surface area (Å²) in [5.41, 5.74) is 0. The standard InChI is InChI=1S/C57H105N2O6P/c1-6-8-10-12-14-16-18-20-22-23-24-25-26-27-28-29-30-31-32-33-34-35-37-39-41-43-45-47-49-51-57(61)58-55(54-65-66(62,63)64-53-52-59(3,4)5)56(60)50-48-46-44-42-40-38-36-21-19-17-15-13-11-9-7-2/h8,10,14,16,20,22,24-25,40,42,48,50,55-56,60H,6-7,9,11-13,15,17-19,21,23,26-39,41,43-47,49,51-54H2,1-5H3,(H-,58,61,62,63)/b10-8-,16-14-,22-20-,25-24-,42-40+,50-48+. The predicted octanol–water partition coefficient (Wildman–Crippen LogP) is 15.7. The lowest BCUT2D eigenvalue weighted by Gasteiger charge is -2.29. The van der Waals surface area contributed by atoms with Crippen LogP contribution in [0.15, 0.2) is 72.9 Å². The van der Waals surface area contributed by atoms with Crippen LogP contribution in [0.1, 0.15) is 232 Å². The minimum atomic E-state index is -4.60. The Morgan fingerprint density at radius 2 is 0.939 bits per heavy atom. The molecule has 0 saturated heterocycles. The van der Waals surface area contributed by atoms with Crippen molar-refractivity contribution in [1.82, 2.24) is 5.32 Å². The Balaban J connectivity index is 4.17. The van der Waals surface area contributed by atoms with E-state index in [1.807, 2.05) is 27.2 Å². The number of hydrogen-bond donors (Lipinski definition) is 2. The number of phosphoric acid groups is 1. The molecule has 0 radical (unpaired) electrons. The van der Waals surface area contributed by atoms with Crippen LogP contribution in [0.3, 0.4) is 0 Å². The number of amides is 1. The van der Waals surface area contributed by atoms with Crippen LogP contribution in [0, 0.1) is 0 Å². The molecule has 2 N–H and O–H groups in total. The first kappa shape index (κ1) is 63.9. The van der Waals surface area contributed by atoms with Gasteiger partial charge in [-0.2, -0.15) is 0 Å². The highest BCUT2D eigenvalue weighted by Crippen LogP contribution is 2.38. The maximum absolute atomic E-state index is 12.9. The van der Waals surface area contributed by atoms with Gasteiger partial charge in [-0.1, -0.05) is 228 Å². The van der Waals surface area contributed by atoms with Crippen molar-refractivity contribution in [2.75, 3.05) is 40.9 Å². The number of hydrogen-bond acceptors (Lipinski definition) is 6. The number of aliphatic hydroxyl groups excluding tert-OH is 1. The van der Waals surface area contributed by atoms with Crippen molar-refractivity contribution >= 4 is 13.7 Å². The van der Waals surface area contributed by atoms with Gasteiger partial charge in [0, 0.05) is 6.42 Å². The number of quaternary nitrogens is 1. The molecule has 0 bridgehead atoms. The molecule has 384 valence electrons. The summed E-state index contributed by atoms with van der Waals surface area (Å²) in [5.74, 6) is -0.208. The van der Waals surface area contributed by atoms with Crippen molar-refractivity contribution in [1.29, 1.82) is 0 Å². The second-order valence-electron chi connectivity index (χ2n) is 19.5. The fourth-order valence-corrected chi connectivity index (χ4v) is 8.35. The van der Waals surface area contributed by atoms with Crippen LogP contribution in [0.25, 0.3) is 0 Å². The Morgan fingerprint density at radius 1 is 0.545 bits per heavy atom. The lowest BCUT2D eigenvalue weighted by atomic mass is 10.0. The number of aliphatic hydroxyl groups is 1. The molecule has 66 heavy (non-hydrogen) atoms. The monoisotopic (exact) mass is 945 g/mol. The van der Waals surface area contributed by atoms with Gasteiger partial charge >= 0.3 is 0 Å². The van der Waals surface area contributed by atoms with Crippen molar-refractivity contribution in [2.45, 2.75) is 244 Å². The van der Waals surface area contributed by atoms with Crippen LogP contribution in [0.5, 0.6) is 0 Å². The smallest absolute Gasteiger partial charge is 0.268 e. The van der Waals surface area contributed by atoms with Gasteiger partial charge in [0.05, 0.1) is 39.9 Å². The zero-order valence-corrected chi connectivity index (χ0v) is 44.5. The molecule has 3 unspecified atom stereocenters. The summed E-state index contributed by atoms with van der Waals surface area (Å²) < 4.78 is 23.3. The first-order valence-corrected chi connectivity index (χ1v) is 28.8. The van der Waals surface area contributed by atoms with Crippen molar-refractivity contribution in [3.63, 3.8) is 0 Å². The number of nitrogens with one attached hydrogen (secondary N) is 1. The summed E-state index contributed by atoms with van der Waals surface area (Å²) in [6, 6.07) is -0.905. The molecular formula is C57H105N2O6P. The number of rotatable bonds is 49. The fraction of sp³-hybridized carbons (Fsp3) is 0.772. The Morgan fingerprint density at radius 3 is 1.41 bits per heavy atom. The van der Waals surface area contributed by atoms with E-state index >= 15 is 0 Å². The SMILES string of the molecule is CC/C=C\C/C=C\C/C=C\C/C=C\CCCCCCCCCCCCCCCCCCC(=O)NC(COP(=O)([O-])OCC[N+](C)(C)C)C(O)/C=C/CC/C=C/CCCCCCCCCCC. The molecule has 0 aromatic carbocycles. The van der Waals surface area contributed by atoms with Crippen molar-refractivity contribution in [2.24, 2.45) is 0 Å². The quantitative estimate of drug-likeness (QED) is 0.0272. The third-order valence-corrected chi connectivity index (χ3v) is 12.9. The first-order valence-electron chi connectivity index (χ1n) is 27.3. The topological polar surface area (TPSA) is 108 Å². The van der Waals surface area contributed by atoms with E-state index in [1.54, 1.807) is 6.08 Å². The Hall–Kier alpha value is -2.06. The highest BCUT2D eigenvalue weighted by atomic mass is 31.2. The van der Waals surface area contributed by atoms with E-state index < -0.39 is 26.6 Å². The number of carbonyl (C=O) groups excluding carboxylic acids is 1. The molecule has 3 atom stereocenters. The number of allylic oxidation sites excluding steroid dienone is 11. The van der Waals surface area contributed by atoms with Gasteiger partial charge in [0.2, 0.25) is 5.91 Å². The van der Waals surface area contributed by atoms with Crippen LogP contribution in [0.2, 0.25) is 0 Å². The van der Waals surface area contributed by atoms with E-state index in [-0.39, 0.29) is 12.5 Å². The third kappa shape index (κ3) is 49.8. The molecule has 9 heteroatoms. The second kappa shape index (κ2) is 48.0. The minimum absolute atomic E-state index is 0.00794. The molecule has 0 rings (SSSR count). The molecule has 0 aliphatic rings. The largest absolute Gasteiger partial charge is 0.756 e. The summed E-state index contributed by atoms with van der Waals surface area (Å²) in [4.78, 5) is 25.4. The van der Waals surface area contributed by atoms with Gasteiger partial charge in [0.15, 0.2) is 0 Å². The van der Waals surface area contributed by atoms with Crippen LogP contribution in [-0.2, 0) is 18.4 Å². The van der Waals surface area contributed by atoms with Crippen LogP contribution in [0.4, 0.5) is 0 Å². The van der Waals surface area contributed by atoms with E-state index in [1.165, 1.54) is 148 Å². The second-order valence-corrected chi connectivity index (χ2v) is 21.0. The molecule has 0 aliphatic heterocycles. The summed E-state index contributed by atoms with van der Waals surface area (Å²) in [6.45, 7) is 4.51. The van der Waals surface area contributed by atoms with Gasteiger partial charge in [-0.25, -0.2) is 0 Å². The number of carbonyl (C=O) groups is 1. The van der Waals surface area contributed by atoms with E-state index in [0.717, 1.165) is 64.2 Å². The summed E-state index contributed by atoms with van der Waals surface area (Å²) in [7, 11) is 1.24. The average Bonchev–Trinajstić information content (AvgIpc) is 3.28. The Bertz CT molecular complexity index is 1300. The normalized spacial score (nSPS) is 14.6. The van der Waals surface area contributed by atoms with Crippen molar-refractivity contribution < 1.29 is 32.9 Å². The summed E-state index contributed by atoms with van der Waals surface area (Å²) >= 11 is 0. The number of likely N-dealkylation sites (N-methyl/N-ethyl adjacent to an activating group) is 1. The molecule has 8 nitrogen and oxygen atoms in total. The van der Waals surface area contributed by atoms with Crippen LogP contribution >= 0.6 is 7.82 Å². The number of unbranched alkanes of at least 4 members (excludes halogenated alkanes) is 26. The van der Waals surface area contributed by atoms with Crippen molar-refractivity contribution in [3.8, 4) is 0 Å². The van der Waals surface area contributed by atoms with E-state index in [9.17, 15) is 19.4 Å². The van der Waals surface area contributed by atoms with Gasteiger partial charge in [0.1, 0.15) is 13.2 Å². The fourth-order valence-electron chi connectivity index (χ4n) is 7.63. The van der Waals surface area contributed by atoms with Gasteiger partial charge in [-0.15, -0.1) is 0 Å². The molecule has 0 aromatic rings. The van der Waals surface area contributed by atoms with E-state index in [4.69, 9.17) is 9.05 Å². The van der Waals surface area contributed by atoms with E-state index in [2.05, 4.69) is 79.9 Å². The predicted molar refractivity (Wildman–Crippen MR) is 284 cm³/mol. The molecule has 0 aliphatic carbocycles. The lowest BCUT2D eigenvalue weighted by Crippen LogP contribution is -2.45. The minimum Gasteiger partial charge on any atom is -0.756 e. The molecule has 0 aromatic heterocycles. The number of nitrogens with zero attached hydrogens (tertiary/aromatic N) is 1. The Labute approximate surface area is 408 Å². The maximum Gasteiger partial charge on any atom is 0.268 e. The van der Waals surface area contributed by atoms with E-state index in [0.29, 0.717) is 17.4 Å². The van der Waals surface area contributed by atoms with Crippen molar-refractivity contribution in [3.05, 3.63) is 72.9 Å². The molecule has 0 saturated carbocycles. The van der Waals surface area contributed by atoms with Gasteiger partial charge in [-0.3, -0.25) is 9.36 Å². The number of phosphoric ester groups is 1. The highest BCUT2D eigenvalue weighted by Gasteiger charge is 2.23. The van der Waals surface area contributed by atoms with Gasteiger partial charge in [0.25, 0.3) is 7.82 Å². The van der Waals surface area contributed by atoms with Gasteiger partial charge in [-0.05, 0) is 70.6 Å². The molecule has 0 spiro atoms. The summed E-state index contributed by atoms with van der Waals surface area (Å²) in [5, 5.41) is 13.8. The zero-order valence-electron chi connectivity index (χ0n) is 43.6. The summed E-state index contributed by atoms with van der Waals surface area (Å²) in [6.07, 6.45) is 65.5. The highest BCUT2D eigenvalue weighted by molar-refractivity contribution is 7.45. The van der Waals surface area contributed by atoms with Crippen LogP contribution < -0.4 is 10.2 Å². The third-order valence-electron chi connectivity index (χ3n) is 11.9. The Kier molecular flexibility index (Phi) is 46.5. The molecular weight excluding hydrogens is 840 g/mol. The van der Waals surface area contributed by atoms with Crippen LogP contribution in [-0.4, -0.2) is 68.5 Å².